The minimum atomic E-state index is -0.444. The number of halogens is 1. The van der Waals surface area contributed by atoms with E-state index in [1.165, 1.54) is 30.0 Å². The molecule has 18 heavy (non-hydrogen) atoms. The van der Waals surface area contributed by atoms with Crippen LogP contribution in [-0.4, -0.2) is 28.6 Å². The molecule has 1 amide bonds. The number of carbonyl (C=O) groups is 1. The van der Waals surface area contributed by atoms with Crippen LogP contribution in [0.3, 0.4) is 0 Å². The van der Waals surface area contributed by atoms with Crippen LogP contribution >= 0.6 is 11.8 Å². The van der Waals surface area contributed by atoms with Crippen LogP contribution in [0.2, 0.25) is 0 Å². The fraction of sp³-hybridized carbons (Fsp3) is 0.417. The average Bonchev–Trinajstić information content (AvgIpc) is 2.32. The molecule has 0 saturated carbocycles. The molecule has 1 aromatic carbocycles. The fourth-order valence-electron chi connectivity index (χ4n) is 1.31. The Labute approximate surface area is 110 Å². The first-order valence-corrected chi connectivity index (χ1v) is 6.65. The molecule has 0 aliphatic heterocycles. The van der Waals surface area contributed by atoms with Crippen molar-refractivity contribution in [3.05, 3.63) is 24.0 Å². The Kier molecular flexibility index (Phi) is 5.94. The topological polar surface area (TPSA) is 75.3 Å². The van der Waals surface area contributed by atoms with Crippen molar-refractivity contribution in [2.24, 2.45) is 0 Å². The summed E-state index contributed by atoms with van der Waals surface area (Å²) in [5, 5.41) is 11.5. The Bertz CT molecular complexity index is 415. The smallest absolute Gasteiger partial charge is 0.234 e. The van der Waals surface area contributed by atoms with Gasteiger partial charge in [-0.15, -0.1) is 11.8 Å². The summed E-state index contributed by atoms with van der Waals surface area (Å²) in [5.41, 5.74) is 6.24. The van der Waals surface area contributed by atoms with Gasteiger partial charge in [0, 0.05) is 11.9 Å². The Morgan fingerprint density at radius 1 is 1.61 bits per heavy atom. The minimum Gasteiger partial charge on any atom is -0.397 e. The number of aliphatic hydroxyl groups is 1. The van der Waals surface area contributed by atoms with Crippen LogP contribution in [0.25, 0.3) is 0 Å². The van der Waals surface area contributed by atoms with Crippen molar-refractivity contribution in [2.75, 3.05) is 23.4 Å². The lowest BCUT2D eigenvalue weighted by atomic mass is 10.2. The zero-order valence-corrected chi connectivity index (χ0v) is 11.0. The summed E-state index contributed by atoms with van der Waals surface area (Å²) in [6, 6.07) is 3.84. The second-order valence-electron chi connectivity index (χ2n) is 3.91. The van der Waals surface area contributed by atoms with Crippen molar-refractivity contribution < 1.29 is 14.3 Å². The summed E-state index contributed by atoms with van der Waals surface area (Å²) in [6.07, 6.45) is 0.639. The van der Waals surface area contributed by atoms with E-state index in [1.807, 2.05) is 6.92 Å². The van der Waals surface area contributed by atoms with E-state index < -0.39 is 5.82 Å². The zero-order valence-electron chi connectivity index (χ0n) is 10.1. The first-order chi connectivity index (χ1) is 8.52. The van der Waals surface area contributed by atoms with E-state index in [4.69, 9.17) is 10.8 Å². The number of carbonyl (C=O) groups excluding carboxylic acids is 1. The van der Waals surface area contributed by atoms with Gasteiger partial charge in [0.1, 0.15) is 5.82 Å². The maximum atomic E-state index is 13.0. The van der Waals surface area contributed by atoms with E-state index in [0.29, 0.717) is 12.1 Å². The molecule has 0 aliphatic carbocycles. The summed E-state index contributed by atoms with van der Waals surface area (Å²) in [5.74, 6) is -0.431. The molecule has 1 unspecified atom stereocenters. The second kappa shape index (κ2) is 7.23. The highest BCUT2D eigenvalue weighted by Crippen LogP contribution is 2.20. The number of nitrogens with one attached hydrogen (secondary N) is 1. The van der Waals surface area contributed by atoms with Crippen LogP contribution in [0.15, 0.2) is 18.2 Å². The van der Waals surface area contributed by atoms with Gasteiger partial charge < -0.3 is 16.2 Å². The quantitative estimate of drug-likeness (QED) is 0.691. The number of nitrogen functional groups attached to an aromatic ring is 1. The van der Waals surface area contributed by atoms with E-state index in [0.717, 1.165) is 0 Å². The van der Waals surface area contributed by atoms with Gasteiger partial charge in [0.05, 0.1) is 17.1 Å². The van der Waals surface area contributed by atoms with Gasteiger partial charge in [-0.2, -0.15) is 0 Å². The molecule has 4 nitrogen and oxygen atoms in total. The Morgan fingerprint density at radius 3 is 3.00 bits per heavy atom. The highest BCUT2D eigenvalue weighted by molar-refractivity contribution is 8.00. The molecule has 0 fully saturated rings. The van der Waals surface area contributed by atoms with Crippen LogP contribution in [0.1, 0.15) is 13.3 Å². The molecule has 1 aromatic rings. The fourth-order valence-corrected chi connectivity index (χ4v) is 2.09. The summed E-state index contributed by atoms with van der Waals surface area (Å²) in [7, 11) is 0. The molecule has 1 atom stereocenters. The molecule has 0 radical (unpaired) electrons. The van der Waals surface area contributed by atoms with Gasteiger partial charge in [-0.3, -0.25) is 4.79 Å². The van der Waals surface area contributed by atoms with Gasteiger partial charge in [-0.05, 0) is 24.6 Å². The number of rotatable bonds is 6. The molecule has 0 aromatic heterocycles. The number of aliphatic hydroxyl groups excluding tert-OH is 1. The maximum absolute atomic E-state index is 13.0. The summed E-state index contributed by atoms with van der Waals surface area (Å²) in [4.78, 5) is 11.6. The largest absolute Gasteiger partial charge is 0.397 e. The van der Waals surface area contributed by atoms with Gasteiger partial charge in [0.15, 0.2) is 0 Å². The highest BCUT2D eigenvalue weighted by atomic mass is 32.2. The van der Waals surface area contributed by atoms with E-state index in [-0.39, 0.29) is 29.2 Å². The van der Waals surface area contributed by atoms with Gasteiger partial charge in [-0.25, -0.2) is 4.39 Å². The third-order valence-corrected chi connectivity index (χ3v) is 3.56. The lowest BCUT2D eigenvalue weighted by Gasteiger charge is -2.11. The third-order valence-electron chi connectivity index (χ3n) is 2.32. The van der Waals surface area contributed by atoms with Gasteiger partial charge >= 0.3 is 0 Å². The minimum absolute atomic E-state index is 0.104. The number of anilines is 2. The molecule has 6 heteroatoms. The number of amides is 1. The van der Waals surface area contributed by atoms with Crippen LogP contribution < -0.4 is 11.1 Å². The molecular weight excluding hydrogens is 255 g/mol. The monoisotopic (exact) mass is 272 g/mol. The molecule has 1 rings (SSSR count). The lowest BCUT2D eigenvalue weighted by Crippen LogP contribution is -2.17. The standard InChI is InChI=1S/C12H17FN2O2S/c1-8(4-5-16)18-7-12(17)15-11-6-9(13)2-3-10(11)14/h2-3,6,8,16H,4-5,7,14H2,1H3,(H,15,17). The average molecular weight is 272 g/mol. The van der Waals surface area contributed by atoms with Crippen LogP contribution in [0, 0.1) is 5.82 Å². The van der Waals surface area contributed by atoms with Crippen molar-refractivity contribution in [3.63, 3.8) is 0 Å². The van der Waals surface area contributed by atoms with Crippen LogP contribution in [0.5, 0.6) is 0 Å². The number of benzene rings is 1. The third kappa shape index (κ3) is 4.93. The zero-order chi connectivity index (χ0) is 13.5. The number of hydrogen-bond acceptors (Lipinski definition) is 4. The van der Waals surface area contributed by atoms with Gasteiger partial charge in [-0.1, -0.05) is 6.92 Å². The number of thioether (sulfide) groups is 1. The van der Waals surface area contributed by atoms with E-state index >= 15 is 0 Å². The second-order valence-corrected chi connectivity index (χ2v) is 5.34. The molecule has 0 saturated heterocycles. The Balaban J connectivity index is 2.47. The molecule has 0 bridgehead atoms. The Morgan fingerprint density at radius 2 is 2.33 bits per heavy atom. The molecule has 0 aliphatic rings. The van der Waals surface area contributed by atoms with Crippen molar-refractivity contribution in [2.45, 2.75) is 18.6 Å². The molecule has 0 heterocycles. The molecular formula is C12H17FN2O2S. The Hall–Kier alpha value is -1.27. The maximum Gasteiger partial charge on any atom is 0.234 e. The summed E-state index contributed by atoms with van der Waals surface area (Å²) in [6.45, 7) is 2.04. The highest BCUT2D eigenvalue weighted by Gasteiger charge is 2.09. The van der Waals surface area contributed by atoms with Crippen molar-refractivity contribution in [3.8, 4) is 0 Å². The summed E-state index contributed by atoms with van der Waals surface area (Å²) >= 11 is 1.43. The predicted molar refractivity (Wildman–Crippen MR) is 73.1 cm³/mol. The number of nitrogens with two attached hydrogens (primary N) is 1. The van der Waals surface area contributed by atoms with Gasteiger partial charge in [0.2, 0.25) is 5.91 Å². The van der Waals surface area contributed by atoms with Gasteiger partial charge in [0.25, 0.3) is 0 Å². The van der Waals surface area contributed by atoms with Crippen molar-refractivity contribution >= 4 is 29.0 Å². The predicted octanol–water partition coefficient (Wildman–Crippen LogP) is 1.85. The molecule has 0 spiro atoms. The summed E-state index contributed by atoms with van der Waals surface area (Å²) < 4.78 is 13.0. The van der Waals surface area contributed by atoms with Crippen LogP contribution in [-0.2, 0) is 4.79 Å². The van der Waals surface area contributed by atoms with E-state index in [1.54, 1.807) is 0 Å². The molecule has 100 valence electrons. The van der Waals surface area contributed by atoms with E-state index in [9.17, 15) is 9.18 Å². The van der Waals surface area contributed by atoms with Crippen LogP contribution in [0.4, 0.5) is 15.8 Å². The van der Waals surface area contributed by atoms with Crippen molar-refractivity contribution in [1.82, 2.24) is 0 Å². The van der Waals surface area contributed by atoms with Crippen molar-refractivity contribution in [1.29, 1.82) is 0 Å². The first-order valence-electron chi connectivity index (χ1n) is 5.60. The lowest BCUT2D eigenvalue weighted by molar-refractivity contribution is -0.113. The van der Waals surface area contributed by atoms with E-state index in [2.05, 4.69) is 5.32 Å². The number of hydrogen-bond donors (Lipinski definition) is 3. The SMILES string of the molecule is CC(CCO)SCC(=O)Nc1cc(F)ccc1N. The molecule has 4 N–H and O–H groups in total. The normalized spacial score (nSPS) is 12.2. The first kappa shape index (κ1) is 14.8.